The molecule has 0 radical (unpaired) electrons. The second-order valence-electron chi connectivity index (χ2n) is 7.78. The molecule has 2 aromatic carbocycles. The maximum Gasteiger partial charge on any atom is 0.294 e. The first-order chi connectivity index (χ1) is 16.2. The number of imide groups is 1. The number of thioether (sulfide) groups is 1. The van der Waals surface area contributed by atoms with Crippen LogP contribution in [0.5, 0.6) is 11.5 Å². The van der Waals surface area contributed by atoms with Crippen LogP contribution < -0.4 is 14.8 Å². The quantitative estimate of drug-likeness (QED) is 0.494. The molecule has 1 N–H and O–H groups in total. The molecule has 180 valence electrons. The minimum absolute atomic E-state index is 0.129. The molecule has 10 heteroatoms. The van der Waals surface area contributed by atoms with Crippen LogP contribution in [0, 0.1) is 17.6 Å². The molecule has 1 aliphatic rings. The fourth-order valence-electron chi connectivity index (χ4n) is 2.97. The largest absolute Gasteiger partial charge is 0.490 e. The van der Waals surface area contributed by atoms with Gasteiger partial charge in [-0.3, -0.25) is 19.3 Å². The highest BCUT2D eigenvalue weighted by Gasteiger charge is 2.36. The van der Waals surface area contributed by atoms with E-state index in [1.54, 1.807) is 18.2 Å². The van der Waals surface area contributed by atoms with Crippen LogP contribution in [0.1, 0.15) is 26.3 Å². The molecular weight excluding hydrogens is 466 g/mol. The van der Waals surface area contributed by atoms with Crippen LogP contribution in [-0.4, -0.2) is 41.7 Å². The fourth-order valence-corrected chi connectivity index (χ4v) is 3.81. The first-order valence-corrected chi connectivity index (χ1v) is 11.4. The van der Waals surface area contributed by atoms with Crippen molar-refractivity contribution in [1.82, 2.24) is 4.90 Å². The first kappa shape index (κ1) is 25.2. The molecule has 1 aliphatic heterocycles. The van der Waals surface area contributed by atoms with Crippen molar-refractivity contribution in [2.24, 2.45) is 5.92 Å². The van der Waals surface area contributed by atoms with Gasteiger partial charge in [0.1, 0.15) is 18.2 Å². The van der Waals surface area contributed by atoms with E-state index in [1.807, 2.05) is 20.8 Å². The molecule has 1 saturated heterocycles. The molecule has 1 fully saturated rings. The van der Waals surface area contributed by atoms with Crippen molar-refractivity contribution in [3.8, 4) is 11.5 Å². The number of anilines is 1. The lowest BCUT2D eigenvalue weighted by Crippen LogP contribution is -2.36. The summed E-state index contributed by atoms with van der Waals surface area (Å²) in [6.45, 7) is 6.23. The van der Waals surface area contributed by atoms with Crippen LogP contribution in [0.15, 0.2) is 41.3 Å². The Bertz CT molecular complexity index is 1140. The molecule has 0 aliphatic carbocycles. The van der Waals surface area contributed by atoms with Crippen molar-refractivity contribution in [1.29, 1.82) is 0 Å². The number of rotatable bonds is 9. The lowest BCUT2D eigenvalue weighted by Gasteiger charge is -2.14. The van der Waals surface area contributed by atoms with Crippen molar-refractivity contribution in [2.75, 3.05) is 25.1 Å². The van der Waals surface area contributed by atoms with E-state index in [0.29, 0.717) is 54.0 Å². The maximum atomic E-state index is 13.8. The third kappa shape index (κ3) is 6.34. The van der Waals surface area contributed by atoms with Crippen LogP contribution in [0.4, 0.5) is 19.3 Å². The van der Waals surface area contributed by atoms with Crippen LogP contribution in [-0.2, 0) is 9.59 Å². The number of nitrogens with zero attached hydrogens (tertiary/aromatic N) is 1. The van der Waals surface area contributed by atoms with E-state index in [9.17, 15) is 23.2 Å². The summed E-state index contributed by atoms with van der Waals surface area (Å²) in [7, 11) is 0. The van der Waals surface area contributed by atoms with Gasteiger partial charge >= 0.3 is 0 Å². The van der Waals surface area contributed by atoms with Crippen LogP contribution in [0.2, 0.25) is 0 Å². The Labute approximate surface area is 200 Å². The standard InChI is InChI=1S/C24H24F2N2O5S/c1-4-32-20-9-15(5-8-19(20)33-13-14(2)3)10-21-23(30)28(24(31)34-21)12-22(29)27-18-7-6-16(25)11-17(18)26/h5-11,14H,4,12-13H2,1-3H3,(H,27,29). The SMILES string of the molecule is CCOc1cc(C=C2SC(=O)N(CC(=O)Nc3ccc(F)cc3F)C2=O)ccc1OCC(C)C. The Hall–Kier alpha value is -3.40. The summed E-state index contributed by atoms with van der Waals surface area (Å²) in [5.41, 5.74) is 0.362. The van der Waals surface area contributed by atoms with Gasteiger partial charge in [-0.15, -0.1) is 0 Å². The average molecular weight is 491 g/mol. The number of hydrogen-bond acceptors (Lipinski definition) is 6. The highest BCUT2D eigenvalue weighted by Crippen LogP contribution is 2.35. The molecule has 0 unspecified atom stereocenters. The van der Waals surface area contributed by atoms with Crippen molar-refractivity contribution in [3.05, 3.63) is 58.5 Å². The zero-order chi connectivity index (χ0) is 24.8. The van der Waals surface area contributed by atoms with Crippen molar-refractivity contribution in [3.63, 3.8) is 0 Å². The summed E-state index contributed by atoms with van der Waals surface area (Å²) in [4.78, 5) is 38.2. The van der Waals surface area contributed by atoms with Gasteiger partial charge in [0.25, 0.3) is 11.1 Å². The van der Waals surface area contributed by atoms with Gasteiger partial charge in [0.2, 0.25) is 5.91 Å². The monoisotopic (exact) mass is 490 g/mol. The van der Waals surface area contributed by atoms with E-state index in [2.05, 4.69) is 5.32 Å². The Morgan fingerprint density at radius 2 is 1.88 bits per heavy atom. The second-order valence-corrected chi connectivity index (χ2v) is 8.78. The molecular formula is C24H24F2N2O5S. The van der Waals surface area contributed by atoms with Crippen molar-refractivity contribution < 1.29 is 32.6 Å². The van der Waals surface area contributed by atoms with E-state index in [4.69, 9.17) is 9.47 Å². The minimum atomic E-state index is -0.965. The van der Waals surface area contributed by atoms with E-state index < -0.39 is 35.2 Å². The van der Waals surface area contributed by atoms with Gasteiger partial charge in [0.05, 0.1) is 23.8 Å². The molecule has 3 rings (SSSR count). The van der Waals surface area contributed by atoms with Crippen LogP contribution >= 0.6 is 11.8 Å². The molecule has 7 nitrogen and oxygen atoms in total. The van der Waals surface area contributed by atoms with Gasteiger partial charge < -0.3 is 14.8 Å². The third-order valence-electron chi connectivity index (χ3n) is 4.52. The Balaban J connectivity index is 1.72. The molecule has 0 bridgehead atoms. The summed E-state index contributed by atoms with van der Waals surface area (Å²) in [5.74, 6) is -1.78. The highest BCUT2D eigenvalue weighted by molar-refractivity contribution is 8.18. The van der Waals surface area contributed by atoms with Crippen molar-refractivity contribution in [2.45, 2.75) is 20.8 Å². The highest BCUT2D eigenvalue weighted by atomic mass is 32.2. The molecule has 0 spiro atoms. The average Bonchev–Trinajstić information content (AvgIpc) is 3.02. The molecule has 0 aromatic heterocycles. The van der Waals surface area contributed by atoms with Gasteiger partial charge in [-0.2, -0.15) is 0 Å². The first-order valence-electron chi connectivity index (χ1n) is 10.6. The number of halogens is 2. The molecule has 3 amide bonds. The summed E-state index contributed by atoms with van der Waals surface area (Å²) in [6, 6.07) is 7.83. The number of ether oxygens (including phenoxy) is 2. The Morgan fingerprint density at radius 3 is 2.56 bits per heavy atom. The number of amides is 3. The van der Waals surface area contributed by atoms with Gasteiger partial charge in [-0.1, -0.05) is 19.9 Å². The minimum Gasteiger partial charge on any atom is -0.490 e. The Kier molecular flexibility index (Phi) is 8.27. The third-order valence-corrected chi connectivity index (χ3v) is 5.43. The van der Waals surface area contributed by atoms with E-state index in [-0.39, 0.29) is 10.6 Å². The van der Waals surface area contributed by atoms with Gasteiger partial charge in [0, 0.05) is 6.07 Å². The van der Waals surface area contributed by atoms with Crippen molar-refractivity contribution >= 4 is 40.6 Å². The number of carbonyl (C=O) groups is 3. The zero-order valence-corrected chi connectivity index (χ0v) is 19.7. The lowest BCUT2D eigenvalue weighted by molar-refractivity contribution is -0.127. The van der Waals surface area contributed by atoms with Gasteiger partial charge in [-0.05, 0) is 60.5 Å². The molecule has 1 heterocycles. The number of carbonyl (C=O) groups excluding carboxylic acids is 3. The molecule has 2 aromatic rings. The van der Waals surface area contributed by atoms with E-state index in [1.165, 1.54) is 6.08 Å². The predicted octanol–water partition coefficient (Wildman–Crippen LogP) is 5.07. The number of nitrogens with one attached hydrogen (secondary N) is 1. The van der Waals surface area contributed by atoms with Crippen LogP contribution in [0.3, 0.4) is 0 Å². The van der Waals surface area contributed by atoms with Gasteiger partial charge in [0.15, 0.2) is 11.5 Å². The summed E-state index contributed by atoms with van der Waals surface area (Å²) in [5, 5.41) is 1.60. The number of benzene rings is 2. The summed E-state index contributed by atoms with van der Waals surface area (Å²) < 4.78 is 38.2. The zero-order valence-electron chi connectivity index (χ0n) is 18.9. The topological polar surface area (TPSA) is 84.9 Å². The lowest BCUT2D eigenvalue weighted by atomic mass is 10.1. The summed E-state index contributed by atoms with van der Waals surface area (Å²) >= 11 is 0.690. The molecule has 0 saturated carbocycles. The smallest absolute Gasteiger partial charge is 0.294 e. The molecule has 34 heavy (non-hydrogen) atoms. The second kappa shape index (κ2) is 11.1. The maximum absolute atomic E-state index is 13.8. The van der Waals surface area contributed by atoms with Crippen LogP contribution in [0.25, 0.3) is 6.08 Å². The summed E-state index contributed by atoms with van der Waals surface area (Å²) in [6.07, 6.45) is 1.52. The van der Waals surface area contributed by atoms with E-state index in [0.717, 1.165) is 17.0 Å². The van der Waals surface area contributed by atoms with E-state index >= 15 is 0 Å². The fraction of sp³-hybridized carbons (Fsp3) is 0.292. The Morgan fingerprint density at radius 1 is 1.12 bits per heavy atom. The molecule has 0 atom stereocenters. The predicted molar refractivity (Wildman–Crippen MR) is 126 cm³/mol. The normalized spacial score (nSPS) is 14.8. The number of hydrogen-bond donors (Lipinski definition) is 1. The van der Waals surface area contributed by atoms with Gasteiger partial charge in [-0.25, -0.2) is 8.78 Å².